The summed E-state index contributed by atoms with van der Waals surface area (Å²) in [6.45, 7) is 0. The van der Waals surface area contributed by atoms with E-state index in [1.807, 2.05) is 12.4 Å². The number of hydrogen-bond donors (Lipinski definition) is 1. The third-order valence-electron chi connectivity index (χ3n) is 1.98. The van der Waals surface area contributed by atoms with E-state index in [4.69, 9.17) is 0 Å². The molecule has 0 spiro atoms. The van der Waals surface area contributed by atoms with Crippen LogP contribution in [-0.2, 0) is 0 Å². The van der Waals surface area contributed by atoms with Gasteiger partial charge in [0.25, 0.3) is 0 Å². The third kappa shape index (κ3) is 1.17. The molecule has 13 heavy (non-hydrogen) atoms. The summed E-state index contributed by atoms with van der Waals surface area (Å²) in [5.41, 5.74) is 1.28. The van der Waals surface area contributed by atoms with Gasteiger partial charge in [0, 0.05) is 0 Å². The van der Waals surface area contributed by atoms with Gasteiger partial charge in [-0.3, -0.25) is 0 Å². The van der Waals surface area contributed by atoms with Crippen LogP contribution in [0.1, 0.15) is 0 Å². The zero-order chi connectivity index (χ0) is 7.97. The number of halogens is 1. The number of thiazole rings is 1. The summed E-state index contributed by atoms with van der Waals surface area (Å²) < 4.78 is 3.49. The number of benzene rings is 1. The Morgan fingerprint density at radius 2 is 2.08 bits per heavy atom. The summed E-state index contributed by atoms with van der Waals surface area (Å²) in [4.78, 5) is 4.38. The molecule has 0 radical (unpaired) electrons. The molecular formula is C9H7BrN2S. The van der Waals surface area contributed by atoms with Gasteiger partial charge in [0.05, 0.1) is 4.70 Å². The van der Waals surface area contributed by atoms with Gasteiger partial charge in [-0.1, -0.05) is 12.1 Å². The molecule has 3 aromatic rings. The molecule has 0 saturated carbocycles. The lowest BCUT2D eigenvalue weighted by Crippen LogP contribution is -3.00. The van der Waals surface area contributed by atoms with Crippen LogP contribution in [0, 0.1) is 0 Å². The largest absolute Gasteiger partial charge is 1.00 e. The molecule has 2 aromatic heterocycles. The maximum atomic E-state index is 3.19. The highest BCUT2D eigenvalue weighted by Gasteiger charge is 2.09. The van der Waals surface area contributed by atoms with E-state index >= 15 is 0 Å². The van der Waals surface area contributed by atoms with E-state index in [-0.39, 0.29) is 17.0 Å². The van der Waals surface area contributed by atoms with Gasteiger partial charge < -0.3 is 17.0 Å². The van der Waals surface area contributed by atoms with Crippen LogP contribution in [0.4, 0.5) is 0 Å². The summed E-state index contributed by atoms with van der Waals surface area (Å²) in [6, 6.07) is 8.40. The average Bonchev–Trinajstić information content (AvgIpc) is 2.62. The van der Waals surface area contributed by atoms with Gasteiger partial charge in [0.1, 0.15) is 12.4 Å². The molecule has 4 heteroatoms. The van der Waals surface area contributed by atoms with Crippen LogP contribution < -0.4 is 21.4 Å². The number of aromatic nitrogens is 2. The van der Waals surface area contributed by atoms with Crippen LogP contribution in [0.3, 0.4) is 0 Å². The molecule has 66 valence electrons. The van der Waals surface area contributed by atoms with Gasteiger partial charge in [0.15, 0.2) is 5.52 Å². The van der Waals surface area contributed by atoms with Crippen molar-refractivity contribution >= 4 is 26.5 Å². The zero-order valence-electron chi connectivity index (χ0n) is 6.70. The highest BCUT2D eigenvalue weighted by atomic mass is 79.9. The summed E-state index contributed by atoms with van der Waals surface area (Å²) in [5, 5.41) is 0. The fourth-order valence-corrected chi connectivity index (χ4v) is 2.45. The van der Waals surface area contributed by atoms with Gasteiger partial charge in [-0.05, 0) is 23.5 Å². The highest BCUT2D eigenvalue weighted by molar-refractivity contribution is 7.22. The fraction of sp³-hybridized carbons (Fsp3) is 0. The van der Waals surface area contributed by atoms with Gasteiger partial charge >= 0.3 is 4.96 Å². The number of nitrogens with one attached hydrogen (secondary N) is 1. The summed E-state index contributed by atoms with van der Waals surface area (Å²) in [5.74, 6) is 0. The number of aromatic amines is 1. The summed E-state index contributed by atoms with van der Waals surface area (Å²) in [7, 11) is 0. The van der Waals surface area contributed by atoms with Crippen molar-refractivity contribution < 1.29 is 21.4 Å². The van der Waals surface area contributed by atoms with Crippen molar-refractivity contribution in [1.29, 1.82) is 0 Å². The van der Waals surface area contributed by atoms with Crippen molar-refractivity contribution in [2.24, 2.45) is 0 Å². The monoisotopic (exact) mass is 254 g/mol. The molecule has 0 unspecified atom stereocenters. The van der Waals surface area contributed by atoms with Crippen molar-refractivity contribution in [3.05, 3.63) is 36.7 Å². The predicted octanol–water partition coefficient (Wildman–Crippen LogP) is -1.03. The fourth-order valence-electron chi connectivity index (χ4n) is 1.44. The Bertz CT molecular complexity index is 540. The van der Waals surface area contributed by atoms with Crippen LogP contribution in [-0.4, -0.2) is 4.98 Å². The number of imidazole rings is 1. The first-order valence-electron chi connectivity index (χ1n) is 3.81. The van der Waals surface area contributed by atoms with Gasteiger partial charge in [-0.15, -0.1) is 0 Å². The molecule has 3 rings (SSSR count). The molecule has 0 atom stereocenters. The van der Waals surface area contributed by atoms with Crippen molar-refractivity contribution in [3.8, 4) is 0 Å². The highest BCUT2D eigenvalue weighted by Crippen LogP contribution is 2.18. The van der Waals surface area contributed by atoms with Gasteiger partial charge in [0.2, 0.25) is 0 Å². The summed E-state index contributed by atoms with van der Waals surface area (Å²) >= 11 is 1.78. The normalized spacial score (nSPS) is 10.5. The van der Waals surface area contributed by atoms with E-state index in [1.165, 1.54) is 15.2 Å². The maximum absolute atomic E-state index is 3.19. The number of fused-ring (bicyclic) bond motifs is 3. The first-order chi connectivity index (χ1) is 5.95. The Morgan fingerprint density at radius 3 is 3.00 bits per heavy atom. The molecule has 0 amide bonds. The van der Waals surface area contributed by atoms with E-state index in [9.17, 15) is 0 Å². The third-order valence-corrected chi connectivity index (χ3v) is 3.05. The van der Waals surface area contributed by atoms with E-state index < -0.39 is 0 Å². The zero-order valence-corrected chi connectivity index (χ0v) is 9.10. The molecule has 0 saturated heterocycles. The van der Waals surface area contributed by atoms with Gasteiger partial charge in [-0.25, -0.2) is 4.98 Å². The molecule has 0 aliphatic rings. The number of rotatable bonds is 0. The quantitative estimate of drug-likeness (QED) is 0.496. The minimum absolute atomic E-state index is 0. The number of H-pyrrole nitrogens is 1. The minimum atomic E-state index is 0. The molecule has 0 bridgehead atoms. The van der Waals surface area contributed by atoms with Crippen LogP contribution in [0.15, 0.2) is 36.7 Å². The van der Waals surface area contributed by atoms with E-state index in [2.05, 4.69) is 33.7 Å². The lowest BCUT2D eigenvalue weighted by molar-refractivity contribution is -0.475. The topological polar surface area (TPSA) is 19.9 Å². The molecule has 2 heterocycles. The smallest absolute Gasteiger partial charge is 0.344 e. The molecular weight excluding hydrogens is 248 g/mol. The van der Waals surface area contributed by atoms with Gasteiger partial charge in [-0.2, -0.15) is 4.40 Å². The second-order valence-corrected chi connectivity index (χ2v) is 3.74. The second kappa shape index (κ2) is 3.12. The Kier molecular flexibility index (Phi) is 2.09. The van der Waals surface area contributed by atoms with Crippen molar-refractivity contribution in [1.82, 2.24) is 4.98 Å². The molecule has 2 nitrogen and oxygen atoms in total. The van der Waals surface area contributed by atoms with Crippen LogP contribution in [0.2, 0.25) is 0 Å². The van der Waals surface area contributed by atoms with E-state index in [0.717, 1.165) is 0 Å². The summed E-state index contributed by atoms with van der Waals surface area (Å²) in [6.07, 6.45) is 4.01. The Labute approximate surface area is 89.6 Å². The average molecular weight is 255 g/mol. The van der Waals surface area contributed by atoms with Crippen molar-refractivity contribution in [3.63, 3.8) is 0 Å². The lowest BCUT2D eigenvalue weighted by Gasteiger charge is -1.81. The molecule has 0 aliphatic carbocycles. The maximum Gasteiger partial charge on any atom is 0.344 e. The number of para-hydroxylation sites is 1. The second-order valence-electron chi connectivity index (χ2n) is 2.71. The first kappa shape index (κ1) is 8.72. The number of hydrogen-bond acceptors (Lipinski definition) is 1. The van der Waals surface area contributed by atoms with E-state index in [0.29, 0.717) is 0 Å². The standard InChI is InChI=1S/C9H6N2S.BrH/c1-2-4-8-7(3-1)11-6-5-10-9(11)12-8;/h1-6H;1H. The molecule has 0 aliphatic heterocycles. The van der Waals surface area contributed by atoms with E-state index in [1.54, 1.807) is 11.3 Å². The predicted molar refractivity (Wildman–Crippen MR) is 49.3 cm³/mol. The Hall–Kier alpha value is -0.870. The molecule has 1 N–H and O–H groups in total. The molecule has 0 fully saturated rings. The van der Waals surface area contributed by atoms with Crippen molar-refractivity contribution in [2.75, 3.05) is 0 Å². The van der Waals surface area contributed by atoms with Crippen LogP contribution >= 0.6 is 11.3 Å². The first-order valence-corrected chi connectivity index (χ1v) is 4.63. The van der Waals surface area contributed by atoms with Crippen LogP contribution in [0.25, 0.3) is 15.2 Å². The Balaban J connectivity index is 0.000000653. The van der Waals surface area contributed by atoms with Crippen LogP contribution in [0.5, 0.6) is 0 Å². The molecule has 1 aromatic carbocycles. The lowest BCUT2D eigenvalue weighted by atomic mass is 10.3. The number of nitrogens with zero attached hydrogens (tertiary/aromatic N) is 1. The SMILES string of the molecule is [Br-].c1ccc2c(c1)sc1[nH]cc[n+]12. The van der Waals surface area contributed by atoms with Crippen molar-refractivity contribution in [2.45, 2.75) is 0 Å². The minimum Gasteiger partial charge on any atom is -1.00 e. The Morgan fingerprint density at radius 1 is 1.23 bits per heavy atom.